The molecule has 2 atom stereocenters. The predicted molar refractivity (Wildman–Crippen MR) is 136 cm³/mol. The van der Waals surface area contributed by atoms with E-state index in [9.17, 15) is 4.79 Å². The molecule has 0 aromatic heterocycles. The molecule has 2 aromatic carbocycles. The Bertz CT molecular complexity index is 1110. The van der Waals surface area contributed by atoms with Gasteiger partial charge in [0.2, 0.25) is 0 Å². The summed E-state index contributed by atoms with van der Waals surface area (Å²) in [5, 5.41) is 5.48. The highest BCUT2D eigenvalue weighted by molar-refractivity contribution is 6.02. The summed E-state index contributed by atoms with van der Waals surface area (Å²) in [6, 6.07) is 20.0. The first-order valence-electron chi connectivity index (χ1n) is 12.5. The lowest BCUT2D eigenvalue weighted by atomic mass is 9.81. The molecular formula is C29H33N3O3. The minimum atomic E-state index is -0.474. The van der Waals surface area contributed by atoms with Gasteiger partial charge in [-0.25, -0.2) is 5.06 Å². The monoisotopic (exact) mass is 471 g/mol. The first-order valence-corrected chi connectivity index (χ1v) is 12.5. The molecule has 182 valence electrons. The number of nitrogens with one attached hydrogen (secondary N) is 1. The number of nitrogens with zero attached hydrogens (tertiary/aromatic N) is 2. The minimum absolute atomic E-state index is 0.0154. The second-order valence-electron chi connectivity index (χ2n) is 9.18. The van der Waals surface area contributed by atoms with E-state index in [-0.39, 0.29) is 11.9 Å². The highest BCUT2D eigenvalue weighted by atomic mass is 16.7. The molecule has 0 bridgehead atoms. The third kappa shape index (κ3) is 4.77. The lowest BCUT2D eigenvalue weighted by molar-refractivity contribution is -0.127. The SMILES string of the molecule is CCCCC1NC2=CC(=O)C=C3N(OCc4ccccc4)C=CCC23N1CCOc1ccccc1. The van der Waals surface area contributed by atoms with E-state index in [0.29, 0.717) is 13.2 Å². The fourth-order valence-corrected chi connectivity index (χ4v) is 5.24. The van der Waals surface area contributed by atoms with Crippen LogP contribution in [0.15, 0.2) is 96.5 Å². The fraction of sp³-hybridized carbons (Fsp3) is 0.345. The van der Waals surface area contributed by atoms with Gasteiger partial charge in [0.25, 0.3) is 0 Å². The molecule has 6 heteroatoms. The Morgan fingerprint density at radius 2 is 1.83 bits per heavy atom. The van der Waals surface area contributed by atoms with Crippen molar-refractivity contribution in [3.05, 3.63) is 102 Å². The van der Waals surface area contributed by atoms with Gasteiger partial charge in [0, 0.05) is 30.6 Å². The van der Waals surface area contributed by atoms with Crippen LogP contribution >= 0.6 is 0 Å². The van der Waals surface area contributed by atoms with Gasteiger partial charge in [-0.2, -0.15) is 0 Å². The summed E-state index contributed by atoms with van der Waals surface area (Å²) in [5.41, 5.74) is 2.43. The minimum Gasteiger partial charge on any atom is -0.492 e. The molecule has 6 nitrogen and oxygen atoms in total. The van der Waals surface area contributed by atoms with Crippen LogP contribution in [0.25, 0.3) is 0 Å². The van der Waals surface area contributed by atoms with Gasteiger partial charge in [-0.3, -0.25) is 14.5 Å². The highest BCUT2D eigenvalue weighted by Gasteiger charge is 2.55. The average molecular weight is 472 g/mol. The summed E-state index contributed by atoms with van der Waals surface area (Å²) in [6.07, 6.45) is 11.7. The molecule has 0 radical (unpaired) electrons. The summed E-state index contributed by atoms with van der Waals surface area (Å²) >= 11 is 0. The number of allylic oxidation sites excluding steroid dienone is 2. The van der Waals surface area contributed by atoms with Crippen LogP contribution in [-0.4, -0.2) is 40.6 Å². The van der Waals surface area contributed by atoms with Crippen LogP contribution in [0.3, 0.4) is 0 Å². The topological polar surface area (TPSA) is 54.0 Å². The molecule has 2 heterocycles. The first kappa shape index (κ1) is 23.4. The maximum Gasteiger partial charge on any atom is 0.182 e. The summed E-state index contributed by atoms with van der Waals surface area (Å²) in [4.78, 5) is 21.5. The molecule has 1 spiro atoms. The smallest absolute Gasteiger partial charge is 0.182 e. The van der Waals surface area contributed by atoms with Crippen molar-refractivity contribution in [2.45, 2.75) is 50.9 Å². The number of ketones is 1. The predicted octanol–water partition coefficient (Wildman–Crippen LogP) is 4.93. The number of unbranched alkanes of at least 4 members (excludes halogenated alkanes) is 1. The number of ether oxygens (including phenoxy) is 1. The van der Waals surface area contributed by atoms with Crippen LogP contribution in [0.1, 0.15) is 38.2 Å². The van der Waals surface area contributed by atoms with Crippen molar-refractivity contribution in [2.24, 2.45) is 0 Å². The molecule has 35 heavy (non-hydrogen) atoms. The van der Waals surface area contributed by atoms with Gasteiger partial charge < -0.3 is 10.1 Å². The first-order chi connectivity index (χ1) is 17.2. The lowest BCUT2D eigenvalue weighted by Crippen LogP contribution is -2.55. The maximum atomic E-state index is 12.8. The van der Waals surface area contributed by atoms with Crippen molar-refractivity contribution in [3.8, 4) is 5.75 Å². The van der Waals surface area contributed by atoms with E-state index < -0.39 is 5.54 Å². The van der Waals surface area contributed by atoms with Gasteiger partial charge in [-0.05, 0) is 30.5 Å². The Balaban J connectivity index is 1.41. The average Bonchev–Trinajstić information content (AvgIpc) is 3.18. The number of para-hydroxylation sites is 1. The Morgan fingerprint density at radius 3 is 2.60 bits per heavy atom. The summed E-state index contributed by atoms with van der Waals surface area (Å²) in [7, 11) is 0. The lowest BCUT2D eigenvalue weighted by Gasteiger charge is -2.46. The Labute approximate surface area is 207 Å². The van der Waals surface area contributed by atoms with Crippen LogP contribution < -0.4 is 10.1 Å². The number of hydrogen-bond acceptors (Lipinski definition) is 6. The number of hydrogen-bond donors (Lipinski definition) is 1. The van der Waals surface area contributed by atoms with Gasteiger partial charge in [0.15, 0.2) is 5.78 Å². The van der Waals surface area contributed by atoms with E-state index in [1.807, 2.05) is 66.9 Å². The molecule has 0 amide bonds. The maximum absolute atomic E-state index is 12.8. The van der Waals surface area contributed by atoms with Gasteiger partial charge in [0.1, 0.15) is 24.5 Å². The van der Waals surface area contributed by atoms with Crippen LogP contribution in [-0.2, 0) is 16.2 Å². The van der Waals surface area contributed by atoms with Gasteiger partial charge in [-0.1, -0.05) is 74.4 Å². The van der Waals surface area contributed by atoms with Crippen molar-refractivity contribution in [3.63, 3.8) is 0 Å². The van der Waals surface area contributed by atoms with Crippen molar-refractivity contribution in [2.75, 3.05) is 13.2 Å². The molecule has 0 saturated carbocycles. The molecule has 1 aliphatic carbocycles. The number of carbonyl (C=O) groups excluding carboxylic acids is 1. The van der Waals surface area contributed by atoms with E-state index >= 15 is 0 Å². The van der Waals surface area contributed by atoms with Gasteiger partial charge in [-0.15, -0.1) is 0 Å². The quantitative estimate of drug-likeness (QED) is 0.531. The van der Waals surface area contributed by atoms with Crippen molar-refractivity contribution in [1.29, 1.82) is 0 Å². The number of rotatable bonds is 10. The molecule has 2 unspecified atom stereocenters. The normalized spacial score (nSPS) is 23.3. The molecule has 1 N–H and O–H groups in total. The van der Waals surface area contributed by atoms with Crippen LogP contribution in [0, 0.1) is 0 Å². The molecule has 5 rings (SSSR count). The van der Waals surface area contributed by atoms with Crippen LogP contribution in [0.4, 0.5) is 0 Å². The summed E-state index contributed by atoms with van der Waals surface area (Å²) in [5.74, 6) is 0.849. The van der Waals surface area contributed by atoms with E-state index in [4.69, 9.17) is 9.57 Å². The number of hydroxylamine groups is 2. The van der Waals surface area contributed by atoms with Crippen LogP contribution in [0.2, 0.25) is 0 Å². The number of carbonyl (C=O) groups is 1. The van der Waals surface area contributed by atoms with Crippen molar-refractivity contribution < 1.29 is 14.4 Å². The molecular weight excluding hydrogens is 438 g/mol. The Kier molecular flexibility index (Phi) is 7.02. The van der Waals surface area contributed by atoms with E-state index in [1.165, 1.54) is 0 Å². The summed E-state index contributed by atoms with van der Waals surface area (Å²) in [6.45, 7) is 3.91. The third-order valence-corrected chi connectivity index (χ3v) is 6.90. The standard InChI is InChI=1S/C29H33N3O3/c1-2-3-15-28-30-26-20-24(33)21-27-29(26,31(28)18-19-34-25-13-8-5-9-14-25)16-10-17-32(27)35-22-23-11-6-4-7-12-23/h4-14,17,20-21,28,30H,2-3,15-16,18-19,22H2,1H3. The zero-order chi connectivity index (χ0) is 24.1. The molecule has 3 aliphatic rings. The second-order valence-corrected chi connectivity index (χ2v) is 9.18. The highest BCUT2D eigenvalue weighted by Crippen LogP contribution is 2.47. The van der Waals surface area contributed by atoms with E-state index in [1.54, 1.807) is 17.2 Å². The molecule has 2 aromatic rings. The Hall–Kier alpha value is -3.35. The fourth-order valence-electron chi connectivity index (χ4n) is 5.24. The molecule has 2 aliphatic heterocycles. The Morgan fingerprint density at radius 1 is 1.06 bits per heavy atom. The zero-order valence-electron chi connectivity index (χ0n) is 20.2. The second kappa shape index (κ2) is 10.5. The van der Waals surface area contributed by atoms with Gasteiger partial charge in [0.05, 0.1) is 11.9 Å². The summed E-state index contributed by atoms with van der Waals surface area (Å²) < 4.78 is 6.09. The van der Waals surface area contributed by atoms with Crippen LogP contribution in [0.5, 0.6) is 5.75 Å². The van der Waals surface area contributed by atoms with E-state index in [0.717, 1.165) is 54.9 Å². The molecule has 1 fully saturated rings. The van der Waals surface area contributed by atoms with Crippen molar-refractivity contribution >= 4 is 5.78 Å². The molecule has 1 saturated heterocycles. The van der Waals surface area contributed by atoms with E-state index in [2.05, 4.69) is 23.2 Å². The zero-order valence-corrected chi connectivity index (χ0v) is 20.2. The largest absolute Gasteiger partial charge is 0.492 e. The van der Waals surface area contributed by atoms with Gasteiger partial charge >= 0.3 is 0 Å². The number of benzene rings is 2. The third-order valence-electron chi connectivity index (χ3n) is 6.90. The van der Waals surface area contributed by atoms with Crippen molar-refractivity contribution in [1.82, 2.24) is 15.3 Å².